The smallest absolute Gasteiger partial charge is 0.228 e. The molecule has 0 atom stereocenters. The van der Waals surface area contributed by atoms with E-state index in [1.807, 2.05) is 36.1 Å². The van der Waals surface area contributed by atoms with E-state index in [0.29, 0.717) is 18.0 Å². The maximum atomic E-state index is 13.3. The fraction of sp³-hybridized carbons (Fsp3) is 0.440. The fourth-order valence-corrected chi connectivity index (χ4v) is 5.61. The highest BCUT2D eigenvalue weighted by Crippen LogP contribution is 2.34. The number of fused-ring (bicyclic) bond motifs is 1. The predicted octanol–water partition coefficient (Wildman–Crippen LogP) is 6.51. The molecule has 0 N–H and O–H groups in total. The van der Waals surface area contributed by atoms with Crippen molar-refractivity contribution >= 4 is 56.0 Å². The van der Waals surface area contributed by atoms with Gasteiger partial charge in [0.05, 0.1) is 17.3 Å². The Kier molecular flexibility index (Phi) is 9.86. The van der Waals surface area contributed by atoms with Crippen LogP contribution in [0.25, 0.3) is 10.2 Å². The Morgan fingerprint density at radius 2 is 1.85 bits per heavy atom. The average Bonchev–Trinajstić information content (AvgIpc) is 3.27. The minimum atomic E-state index is 0.125. The molecule has 0 unspecified atom stereocenters. The molecule has 0 saturated heterocycles. The molecule has 0 aliphatic heterocycles. The molecule has 0 bridgehead atoms. The van der Waals surface area contributed by atoms with Crippen molar-refractivity contribution in [3.63, 3.8) is 0 Å². The average molecular weight is 506 g/mol. The lowest BCUT2D eigenvalue weighted by atomic mass is 10.2. The molecule has 5 nitrogen and oxygen atoms in total. The molecule has 0 aliphatic carbocycles. The quantitative estimate of drug-likeness (QED) is 0.207. The number of hydrogen-bond donors (Lipinski definition) is 0. The normalized spacial score (nSPS) is 11.3. The number of rotatable bonds is 12. The summed E-state index contributed by atoms with van der Waals surface area (Å²) in [6.07, 6.45) is 1.31. The minimum absolute atomic E-state index is 0.125. The Morgan fingerprint density at radius 3 is 2.52 bits per heavy atom. The maximum absolute atomic E-state index is 13.3. The summed E-state index contributed by atoms with van der Waals surface area (Å²) in [5.74, 6) is 1.86. The number of halogens is 1. The summed E-state index contributed by atoms with van der Waals surface area (Å²) < 4.78 is 6.27. The topological polar surface area (TPSA) is 45.7 Å². The van der Waals surface area contributed by atoms with Crippen LogP contribution in [0.3, 0.4) is 0 Å². The van der Waals surface area contributed by atoms with Crippen LogP contribution in [-0.4, -0.2) is 54.8 Å². The number of benzene rings is 2. The Labute approximate surface area is 210 Å². The first-order valence-corrected chi connectivity index (χ1v) is 13.5. The van der Waals surface area contributed by atoms with Gasteiger partial charge in [-0.05, 0) is 74.1 Å². The van der Waals surface area contributed by atoms with Crippen LogP contribution < -0.4 is 9.64 Å². The summed E-state index contributed by atoms with van der Waals surface area (Å²) in [4.78, 5) is 23.5. The zero-order valence-electron chi connectivity index (χ0n) is 19.8. The van der Waals surface area contributed by atoms with Gasteiger partial charge < -0.3 is 9.64 Å². The molecule has 178 valence electrons. The molecule has 3 rings (SSSR count). The second kappa shape index (κ2) is 12.6. The van der Waals surface area contributed by atoms with E-state index in [4.69, 9.17) is 21.3 Å². The Morgan fingerprint density at radius 1 is 1.12 bits per heavy atom. The number of thiazole rings is 1. The lowest BCUT2D eigenvalue weighted by Crippen LogP contribution is -2.38. The van der Waals surface area contributed by atoms with Crippen molar-refractivity contribution in [2.24, 2.45) is 0 Å². The van der Waals surface area contributed by atoms with Crippen molar-refractivity contribution in [1.29, 1.82) is 0 Å². The summed E-state index contributed by atoms with van der Waals surface area (Å²) in [7, 11) is 1.67. The molecule has 2 aromatic carbocycles. The molecule has 0 fully saturated rings. The van der Waals surface area contributed by atoms with E-state index >= 15 is 0 Å². The summed E-state index contributed by atoms with van der Waals surface area (Å²) in [5.41, 5.74) is 1.85. The van der Waals surface area contributed by atoms with Gasteiger partial charge in [0.15, 0.2) is 5.13 Å². The van der Waals surface area contributed by atoms with E-state index in [1.165, 1.54) is 4.90 Å². The number of ether oxygens (including phenoxy) is 1. The van der Waals surface area contributed by atoms with E-state index in [9.17, 15) is 4.79 Å². The van der Waals surface area contributed by atoms with Gasteiger partial charge in [0.2, 0.25) is 5.91 Å². The maximum Gasteiger partial charge on any atom is 0.228 e. The zero-order valence-corrected chi connectivity index (χ0v) is 22.2. The van der Waals surface area contributed by atoms with Gasteiger partial charge in [-0.25, -0.2) is 4.98 Å². The molecular weight excluding hydrogens is 474 g/mol. The number of carbonyl (C=O) groups excluding carboxylic acids is 1. The number of likely N-dealkylation sites (N-methyl/N-ethyl adjacent to an activating group) is 1. The Bertz CT molecular complexity index is 1050. The zero-order chi connectivity index (χ0) is 23.8. The number of thioether (sulfide) groups is 1. The number of amides is 1. The third-order valence-corrected chi connectivity index (χ3v) is 8.22. The third-order valence-electron chi connectivity index (χ3n) is 5.67. The standard InChI is InChI=1S/C25H32ClN3O2S2/c1-5-28(6-2)15-16-29(25-27-24-18(3)21(26)13-14-22(24)33-25)23(30)8-7-17-32-20-11-9-19(31-4)10-12-20/h9-14H,5-8,15-17H2,1-4H3. The molecular formula is C25H32ClN3O2S2. The molecule has 1 heterocycles. The lowest BCUT2D eigenvalue weighted by molar-refractivity contribution is -0.118. The van der Waals surface area contributed by atoms with Crippen LogP contribution in [0.2, 0.25) is 5.02 Å². The van der Waals surface area contributed by atoms with Gasteiger partial charge in [-0.1, -0.05) is 36.8 Å². The highest BCUT2D eigenvalue weighted by Gasteiger charge is 2.21. The largest absolute Gasteiger partial charge is 0.497 e. The first-order valence-electron chi connectivity index (χ1n) is 11.3. The molecule has 8 heteroatoms. The van der Waals surface area contributed by atoms with Crippen molar-refractivity contribution in [2.75, 3.05) is 43.9 Å². The summed E-state index contributed by atoms with van der Waals surface area (Å²) in [5, 5.41) is 1.46. The highest BCUT2D eigenvalue weighted by molar-refractivity contribution is 7.99. The molecule has 1 aromatic heterocycles. The van der Waals surface area contributed by atoms with Gasteiger partial charge in [0, 0.05) is 29.4 Å². The van der Waals surface area contributed by atoms with Crippen molar-refractivity contribution in [3.05, 3.63) is 47.0 Å². The van der Waals surface area contributed by atoms with Crippen molar-refractivity contribution in [2.45, 2.75) is 38.5 Å². The van der Waals surface area contributed by atoms with E-state index in [-0.39, 0.29) is 5.91 Å². The number of anilines is 1. The van der Waals surface area contributed by atoms with Crippen LogP contribution in [0.5, 0.6) is 5.75 Å². The van der Waals surface area contributed by atoms with Crippen LogP contribution >= 0.6 is 34.7 Å². The van der Waals surface area contributed by atoms with E-state index in [1.54, 1.807) is 30.2 Å². The molecule has 3 aromatic rings. The number of hydrogen-bond acceptors (Lipinski definition) is 6. The number of carbonyl (C=O) groups is 1. The van der Waals surface area contributed by atoms with Crippen LogP contribution in [0.4, 0.5) is 5.13 Å². The fourth-order valence-electron chi connectivity index (χ4n) is 3.53. The van der Waals surface area contributed by atoms with Gasteiger partial charge in [0.25, 0.3) is 0 Å². The summed E-state index contributed by atoms with van der Waals surface area (Å²) in [6.45, 7) is 9.67. The number of nitrogens with zero attached hydrogens (tertiary/aromatic N) is 3. The van der Waals surface area contributed by atoms with Crippen molar-refractivity contribution < 1.29 is 9.53 Å². The van der Waals surface area contributed by atoms with Crippen molar-refractivity contribution in [1.82, 2.24) is 9.88 Å². The van der Waals surface area contributed by atoms with E-state index < -0.39 is 0 Å². The first kappa shape index (κ1) is 25.8. The number of aromatic nitrogens is 1. The van der Waals surface area contributed by atoms with Crippen LogP contribution in [0.15, 0.2) is 41.3 Å². The summed E-state index contributed by atoms with van der Waals surface area (Å²) >= 11 is 9.62. The molecule has 1 amide bonds. The van der Waals surface area contributed by atoms with Gasteiger partial charge >= 0.3 is 0 Å². The van der Waals surface area contributed by atoms with Crippen LogP contribution in [0.1, 0.15) is 32.3 Å². The third kappa shape index (κ3) is 6.85. The van der Waals surface area contributed by atoms with Crippen molar-refractivity contribution in [3.8, 4) is 5.75 Å². The second-order valence-corrected chi connectivity index (χ2v) is 10.3. The first-order chi connectivity index (χ1) is 16.0. The van der Waals surface area contributed by atoms with Gasteiger partial charge in [-0.3, -0.25) is 9.69 Å². The Hall–Kier alpha value is -1.80. The molecule has 0 spiro atoms. The molecule has 33 heavy (non-hydrogen) atoms. The second-order valence-electron chi connectivity index (χ2n) is 7.72. The SMILES string of the molecule is CCN(CC)CCN(C(=O)CCCSc1ccc(OC)cc1)c1nc2c(C)c(Cl)ccc2s1. The number of methoxy groups -OCH3 is 1. The van der Waals surface area contributed by atoms with Gasteiger partial charge in [0.1, 0.15) is 5.75 Å². The molecule has 0 saturated carbocycles. The van der Waals surface area contributed by atoms with Crippen LogP contribution in [-0.2, 0) is 4.79 Å². The molecule has 0 radical (unpaired) electrons. The van der Waals surface area contributed by atoms with Crippen LogP contribution in [0, 0.1) is 6.92 Å². The predicted molar refractivity (Wildman–Crippen MR) is 142 cm³/mol. The van der Waals surface area contributed by atoms with Gasteiger partial charge in [-0.2, -0.15) is 0 Å². The minimum Gasteiger partial charge on any atom is -0.497 e. The monoisotopic (exact) mass is 505 g/mol. The summed E-state index contributed by atoms with van der Waals surface area (Å²) in [6, 6.07) is 11.9. The van der Waals surface area contributed by atoms with Gasteiger partial charge in [-0.15, -0.1) is 11.8 Å². The number of aryl methyl sites for hydroxylation is 1. The highest BCUT2D eigenvalue weighted by atomic mass is 35.5. The Balaban J connectivity index is 1.67. The van der Waals surface area contributed by atoms with E-state index in [0.717, 1.165) is 58.5 Å². The lowest BCUT2D eigenvalue weighted by Gasteiger charge is -2.24. The molecule has 0 aliphatic rings. The van der Waals surface area contributed by atoms with E-state index in [2.05, 4.69) is 30.9 Å².